The molecule has 0 atom stereocenters. The van der Waals surface area contributed by atoms with Crippen molar-refractivity contribution in [2.75, 3.05) is 19.6 Å². The molecule has 0 radical (unpaired) electrons. The van der Waals surface area contributed by atoms with Crippen molar-refractivity contribution in [2.24, 2.45) is 5.41 Å². The monoisotopic (exact) mass is 256 g/mol. The summed E-state index contributed by atoms with van der Waals surface area (Å²) in [6, 6.07) is -0.0627. The van der Waals surface area contributed by atoms with Gasteiger partial charge in [0.15, 0.2) is 0 Å². The van der Waals surface area contributed by atoms with E-state index >= 15 is 0 Å². The zero-order valence-electron chi connectivity index (χ0n) is 11.4. The number of likely N-dealkylation sites (tertiary alicyclic amines) is 1. The molecule has 0 saturated carbocycles. The summed E-state index contributed by atoms with van der Waals surface area (Å²) in [6.07, 6.45) is 3.61. The highest BCUT2D eigenvalue weighted by atomic mass is 16.4. The van der Waals surface area contributed by atoms with Crippen LogP contribution in [0, 0.1) is 5.41 Å². The van der Waals surface area contributed by atoms with Gasteiger partial charge in [0.25, 0.3) is 0 Å². The third-order valence-corrected chi connectivity index (χ3v) is 3.72. The van der Waals surface area contributed by atoms with E-state index in [1.54, 1.807) is 4.90 Å². The predicted molar refractivity (Wildman–Crippen MR) is 69.5 cm³/mol. The van der Waals surface area contributed by atoms with Gasteiger partial charge in [-0.3, -0.25) is 4.79 Å². The Bertz CT molecular complexity index is 297. The molecule has 2 amide bonds. The van der Waals surface area contributed by atoms with Gasteiger partial charge in [0.05, 0.1) is 5.41 Å². The molecule has 0 bridgehead atoms. The first-order valence-corrected chi connectivity index (χ1v) is 6.82. The second kappa shape index (κ2) is 6.61. The van der Waals surface area contributed by atoms with Crippen LogP contribution in [-0.4, -0.2) is 41.6 Å². The number of hydrogen-bond acceptors (Lipinski definition) is 2. The van der Waals surface area contributed by atoms with E-state index in [0.717, 1.165) is 12.8 Å². The van der Waals surface area contributed by atoms with Gasteiger partial charge in [0, 0.05) is 19.6 Å². The Hall–Kier alpha value is -1.26. The van der Waals surface area contributed by atoms with Crippen LogP contribution in [0.1, 0.15) is 46.0 Å². The summed E-state index contributed by atoms with van der Waals surface area (Å²) in [5.74, 6) is -0.710. The zero-order valence-corrected chi connectivity index (χ0v) is 11.4. The van der Waals surface area contributed by atoms with Crippen LogP contribution in [0.4, 0.5) is 4.79 Å². The van der Waals surface area contributed by atoms with Gasteiger partial charge in [0.1, 0.15) is 0 Å². The van der Waals surface area contributed by atoms with Gasteiger partial charge in [-0.05, 0) is 25.7 Å². The van der Waals surface area contributed by atoms with Crippen LogP contribution in [0.2, 0.25) is 0 Å². The number of nitrogens with zero attached hydrogens (tertiary/aromatic N) is 1. The number of hydrogen-bond donors (Lipinski definition) is 2. The summed E-state index contributed by atoms with van der Waals surface area (Å²) in [5.41, 5.74) is -0.615. The van der Waals surface area contributed by atoms with Crippen LogP contribution in [0.5, 0.6) is 0 Å². The van der Waals surface area contributed by atoms with E-state index in [4.69, 9.17) is 0 Å². The summed E-state index contributed by atoms with van der Waals surface area (Å²) in [5, 5.41) is 12.2. The zero-order chi connectivity index (χ0) is 13.6. The highest BCUT2D eigenvalue weighted by molar-refractivity contribution is 5.77. The van der Waals surface area contributed by atoms with Gasteiger partial charge < -0.3 is 15.3 Å². The molecule has 5 nitrogen and oxygen atoms in total. The van der Waals surface area contributed by atoms with E-state index in [9.17, 15) is 14.7 Å². The quantitative estimate of drug-likeness (QED) is 0.791. The number of piperidine rings is 1. The molecule has 1 fully saturated rings. The number of amides is 2. The number of carboxylic acids is 1. The fourth-order valence-electron chi connectivity index (χ4n) is 2.53. The van der Waals surface area contributed by atoms with Crippen LogP contribution in [-0.2, 0) is 4.79 Å². The number of urea groups is 1. The Kier molecular flexibility index (Phi) is 5.44. The first-order chi connectivity index (χ1) is 8.55. The molecule has 0 aromatic rings. The van der Waals surface area contributed by atoms with Crippen molar-refractivity contribution < 1.29 is 14.7 Å². The van der Waals surface area contributed by atoms with Crippen molar-refractivity contribution in [1.82, 2.24) is 10.2 Å². The van der Waals surface area contributed by atoms with Gasteiger partial charge >= 0.3 is 12.0 Å². The number of carbonyl (C=O) groups excluding carboxylic acids is 1. The Labute approximate surface area is 109 Å². The van der Waals surface area contributed by atoms with E-state index in [1.165, 1.54) is 0 Å². The molecule has 0 spiro atoms. The van der Waals surface area contributed by atoms with Crippen LogP contribution >= 0.6 is 0 Å². The van der Waals surface area contributed by atoms with E-state index < -0.39 is 11.4 Å². The standard InChI is InChI=1S/C13H24N2O3/c1-3-5-13(11(16)17)6-9-15(10-7-13)12(18)14-8-4-2/h3-10H2,1-2H3,(H,14,18)(H,16,17). The van der Waals surface area contributed by atoms with Crippen molar-refractivity contribution >= 4 is 12.0 Å². The summed E-state index contributed by atoms with van der Waals surface area (Å²) in [4.78, 5) is 24.9. The summed E-state index contributed by atoms with van der Waals surface area (Å²) < 4.78 is 0. The fraction of sp³-hybridized carbons (Fsp3) is 0.846. The molecule has 0 aromatic carbocycles. The lowest BCUT2D eigenvalue weighted by atomic mass is 9.75. The summed E-state index contributed by atoms with van der Waals surface area (Å²) >= 11 is 0. The normalized spacial score (nSPS) is 18.4. The van der Waals surface area contributed by atoms with Gasteiger partial charge in [0.2, 0.25) is 0 Å². The van der Waals surface area contributed by atoms with E-state index in [0.29, 0.717) is 38.9 Å². The van der Waals surface area contributed by atoms with Crippen LogP contribution in [0.15, 0.2) is 0 Å². The third-order valence-electron chi connectivity index (χ3n) is 3.72. The third kappa shape index (κ3) is 3.37. The minimum atomic E-state index is -0.710. The largest absolute Gasteiger partial charge is 0.481 e. The molecule has 104 valence electrons. The number of aliphatic carboxylic acids is 1. The maximum Gasteiger partial charge on any atom is 0.317 e. The molecule has 5 heteroatoms. The minimum absolute atomic E-state index is 0.0627. The average Bonchev–Trinajstić information content (AvgIpc) is 2.37. The molecular formula is C13H24N2O3. The lowest BCUT2D eigenvalue weighted by Gasteiger charge is -2.38. The minimum Gasteiger partial charge on any atom is -0.481 e. The summed E-state index contributed by atoms with van der Waals surface area (Å²) in [6.45, 7) is 5.77. The SMILES string of the molecule is CCCNC(=O)N1CCC(CCC)(C(=O)O)CC1. The fourth-order valence-corrected chi connectivity index (χ4v) is 2.53. The number of carboxylic acid groups (broad SMARTS) is 1. The van der Waals surface area contributed by atoms with Crippen LogP contribution in [0.3, 0.4) is 0 Å². The molecule has 1 aliphatic heterocycles. The van der Waals surface area contributed by atoms with Crippen molar-refractivity contribution in [3.63, 3.8) is 0 Å². The smallest absolute Gasteiger partial charge is 0.317 e. The molecule has 0 aliphatic carbocycles. The predicted octanol–water partition coefficient (Wildman–Crippen LogP) is 2.07. The number of nitrogens with one attached hydrogen (secondary N) is 1. The topological polar surface area (TPSA) is 69.6 Å². The van der Waals surface area contributed by atoms with Crippen molar-refractivity contribution in [3.8, 4) is 0 Å². The lowest BCUT2D eigenvalue weighted by Crippen LogP contribution is -2.49. The Balaban J connectivity index is 2.52. The van der Waals surface area contributed by atoms with Gasteiger partial charge in [-0.1, -0.05) is 20.3 Å². The molecule has 1 rings (SSSR count). The highest BCUT2D eigenvalue weighted by Crippen LogP contribution is 2.36. The highest BCUT2D eigenvalue weighted by Gasteiger charge is 2.41. The Morgan fingerprint density at radius 1 is 1.22 bits per heavy atom. The molecule has 1 saturated heterocycles. The van der Waals surface area contributed by atoms with Crippen molar-refractivity contribution in [3.05, 3.63) is 0 Å². The van der Waals surface area contributed by atoms with Crippen molar-refractivity contribution in [1.29, 1.82) is 0 Å². The second-order valence-electron chi connectivity index (χ2n) is 5.05. The van der Waals surface area contributed by atoms with Gasteiger partial charge in [-0.2, -0.15) is 0 Å². The Morgan fingerprint density at radius 3 is 2.28 bits per heavy atom. The number of carbonyl (C=O) groups is 2. The molecule has 2 N–H and O–H groups in total. The molecular weight excluding hydrogens is 232 g/mol. The molecule has 18 heavy (non-hydrogen) atoms. The first-order valence-electron chi connectivity index (χ1n) is 6.82. The number of rotatable bonds is 5. The lowest BCUT2D eigenvalue weighted by molar-refractivity contribution is -0.152. The maximum atomic E-state index is 11.8. The Morgan fingerprint density at radius 2 is 1.83 bits per heavy atom. The van der Waals surface area contributed by atoms with E-state index in [-0.39, 0.29) is 6.03 Å². The average molecular weight is 256 g/mol. The molecule has 1 aliphatic rings. The molecule has 0 unspecified atom stereocenters. The molecule has 0 aromatic heterocycles. The van der Waals surface area contributed by atoms with Crippen molar-refractivity contribution in [2.45, 2.75) is 46.0 Å². The molecule has 1 heterocycles. The van der Waals surface area contributed by atoms with Gasteiger partial charge in [-0.25, -0.2) is 4.79 Å². The van der Waals surface area contributed by atoms with Crippen LogP contribution < -0.4 is 5.32 Å². The second-order valence-corrected chi connectivity index (χ2v) is 5.05. The van der Waals surface area contributed by atoms with E-state index in [2.05, 4.69) is 5.32 Å². The van der Waals surface area contributed by atoms with Crippen LogP contribution in [0.25, 0.3) is 0 Å². The first kappa shape index (κ1) is 14.8. The van der Waals surface area contributed by atoms with E-state index in [1.807, 2.05) is 13.8 Å². The maximum absolute atomic E-state index is 11.8. The van der Waals surface area contributed by atoms with Gasteiger partial charge in [-0.15, -0.1) is 0 Å². The summed E-state index contributed by atoms with van der Waals surface area (Å²) in [7, 11) is 0.